The lowest BCUT2D eigenvalue weighted by atomic mass is 9.97. The highest BCUT2D eigenvalue weighted by molar-refractivity contribution is 6.40. The van der Waals surface area contributed by atoms with Crippen molar-refractivity contribution in [1.29, 1.82) is 0 Å². The Morgan fingerprint density at radius 1 is 1.40 bits per heavy atom. The largest absolute Gasteiger partial charge is 0.475 e. The van der Waals surface area contributed by atoms with E-state index < -0.39 is 17.6 Å². The zero-order valence-corrected chi connectivity index (χ0v) is 8.50. The number of aryl methyl sites for hydroxylation is 1. The van der Waals surface area contributed by atoms with E-state index in [9.17, 15) is 14.0 Å². The Hall–Kier alpha value is -1.71. The lowest BCUT2D eigenvalue weighted by molar-refractivity contribution is -0.131. The van der Waals surface area contributed by atoms with Crippen molar-refractivity contribution in [2.24, 2.45) is 0 Å². The van der Waals surface area contributed by atoms with Crippen molar-refractivity contribution in [3.8, 4) is 0 Å². The number of carbonyl (C=O) groups excluding carboxylic acids is 1. The van der Waals surface area contributed by atoms with Crippen LogP contribution in [0.4, 0.5) is 4.39 Å². The number of carboxylic acids is 1. The summed E-state index contributed by atoms with van der Waals surface area (Å²) in [4.78, 5) is 21.7. The van der Waals surface area contributed by atoms with Crippen molar-refractivity contribution in [3.63, 3.8) is 0 Å². The van der Waals surface area contributed by atoms with Crippen LogP contribution in [0.1, 0.15) is 28.4 Å². The van der Waals surface area contributed by atoms with E-state index in [1.54, 1.807) is 6.92 Å². The number of rotatable bonds is 3. The van der Waals surface area contributed by atoms with E-state index in [1.807, 2.05) is 6.92 Å². The van der Waals surface area contributed by atoms with Crippen molar-refractivity contribution in [2.45, 2.75) is 20.3 Å². The first-order chi connectivity index (χ1) is 6.97. The van der Waals surface area contributed by atoms with Gasteiger partial charge in [-0.3, -0.25) is 4.79 Å². The van der Waals surface area contributed by atoms with Gasteiger partial charge < -0.3 is 5.11 Å². The van der Waals surface area contributed by atoms with Gasteiger partial charge in [0.15, 0.2) is 0 Å². The summed E-state index contributed by atoms with van der Waals surface area (Å²) in [5, 5.41) is 8.54. The van der Waals surface area contributed by atoms with Gasteiger partial charge >= 0.3 is 5.97 Å². The molecule has 15 heavy (non-hydrogen) atoms. The molecule has 1 aromatic rings. The Labute approximate surface area is 86.5 Å². The normalized spacial score (nSPS) is 10.1. The van der Waals surface area contributed by atoms with Crippen LogP contribution in [0, 0.1) is 12.7 Å². The Kier molecular flexibility index (Phi) is 3.19. The number of aliphatic carboxylic acids is 1. The summed E-state index contributed by atoms with van der Waals surface area (Å²) in [7, 11) is 0. The highest BCUT2D eigenvalue weighted by Gasteiger charge is 2.19. The van der Waals surface area contributed by atoms with Crippen LogP contribution in [0.2, 0.25) is 0 Å². The SMILES string of the molecule is CCc1cc(F)cc(C(=O)C(=O)O)c1C. The van der Waals surface area contributed by atoms with Crippen LogP contribution in [0.3, 0.4) is 0 Å². The Bertz CT molecular complexity index is 424. The summed E-state index contributed by atoms with van der Waals surface area (Å²) >= 11 is 0. The first-order valence-corrected chi connectivity index (χ1v) is 4.54. The second-order valence-corrected chi connectivity index (χ2v) is 3.23. The van der Waals surface area contributed by atoms with Crippen LogP contribution in [-0.2, 0) is 11.2 Å². The highest BCUT2D eigenvalue weighted by Crippen LogP contribution is 2.17. The molecule has 0 saturated carbocycles. The molecule has 0 aliphatic rings. The van der Waals surface area contributed by atoms with Crippen molar-refractivity contribution in [3.05, 3.63) is 34.6 Å². The monoisotopic (exact) mass is 210 g/mol. The van der Waals surface area contributed by atoms with E-state index >= 15 is 0 Å². The van der Waals surface area contributed by atoms with Crippen molar-refractivity contribution >= 4 is 11.8 Å². The number of Topliss-reactive ketones (excluding diaryl/α,β-unsaturated/α-hetero) is 1. The lowest BCUT2D eigenvalue weighted by Gasteiger charge is -2.07. The van der Waals surface area contributed by atoms with Crippen LogP contribution in [0.15, 0.2) is 12.1 Å². The lowest BCUT2D eigenvalue weighted by Crippen LogP contribution is -2.15. The molecule has 0 amide bonds. The van der Waals surface area contributed by atoms with Gasteiger partial charge in [-0.2, -0.15) is 0 Å². The minimum Gasteiger partial charge on any atom is -0.475 e. The first kappa shape index (κ1) is 11.4. The maximum Gasteiger partial charge on any atom is 0.377 e. The van der Waals surface area contributed by atoms with Gasteiger partial charge in [0.1, 0.15) is 5.82 Å². The molecular formula is C11H11FO3. The number of benzene rings is 1. The second-order valence-electron chi connectivity index (χ2n) is 3.23. The molecule has 1 aromatic carbocycles. The number of halogens is 1. The van der Waals surface area contributed by atoms with Crippen LogP contribution >= 0.6 is 0 Å². The van der Waals surface area contributed by atoms with Crippen LogP contribution in [0.25, 0.3) is 0 Å². The summed E-state index contributed by atoms with van der Waals surface area (Å²) in [6.07, 6.45) is 0.559. The third-order valence-corrected chi connectivity index (χ3v) is 2.30. The van der Waals surface area contributed by atoms with Gasteiger partial charge in [-0.1, -0.05) is 6.92 Å². The number of carbonyl (C=O) groups is 2. The van der Waals surface area contributed by atoms with Gasteiger partial charge in [-0.25, -0.2) is 9.18 Å². The molecule has 0 atom stereocenters. The van der Waals surface area contributed by atoms with Gasteiger partial charge in [0.05, 0.1) is 0 Å². The van der Waals surface area contributed by atoms with E-state index in [2.05, 4.69) is 0 Å². The molecular weight excluding hydrogens is 199 g/mol. The molecule has 1 N–H and O–H groups in total. The van der Waals surface area contributed by atoms with Crippen LogP contribution < -0.4 is 0 Å². The molecule has 0 unspecified atom stereocenters. The first-order valence-electron chi connectivity index (χ1n) is 4.54. The Morgan fingerprint density at radius 2 is 2.00 bits per heavy atom. The molecule has 0 aliphatic carbocycles. The fraction of sp³-hybridized carbons (Fsp3) is 0.273. The van der Waals surface area contributed by atoms with Gasteiger partial charge in [-0.05, 0) is 36.6 Å². The van der Waals surface area contributed by atoms with Crippen molar-refractivity contribution in [1.82, 2.24) is 0 Å². The summed E-state index contributed by atoms with van der Waals surface area (Å²) in [6, 6.07) is 2.28. The molecule has 0 saturated heterocycles. The van der Waals surface area contributed by atoms with Crippen molar-refractivity contribution in [2.75, 3.05) is 0 Å². The topological polar surface area (TPSA) is 54.4 Å². The maximum absolute atomic E-state index is 13.1. The van der Waals surface area contributed by atoms with E-state index in [0.717, 1.165) is 6.07 Å². The van der Waals surface area contributed by atoms with Crippen molar-refractivity contribution < 1.29 is 19.1 Å². The molecule has 0 aliphatic heterocycles. The maximum atomic E-state index is 13.1. The number of carboxylic acid groups (broad SMARTS) is 1. The fourth-order valence-electron chi connectivity index (χ4n) is 1.45. The standard InChI is InChI=1S/C11H11FO3/c1-3-7-4-8(12)5-9(6(7)2)10(13)11(14)15/h4-5H,3H2,1-2H3,(H,14,15). The zero-order chi connectivity index (χ0) is 11.6. The molecule has 80 valence electrons. The van der Waals surface area contributed by atoms with Gasteiger partial charge in [0.2, 0.25) is 0 Å². The molecule has 0 bridgehead atoms. The predicted molar refractivity (Wildman–Crippen MR) is 52.5 cm³/mol. The Balaban J connectivity index is 3.35. The van der Waals surface area contributed by atoms with Crippen LogP contribution in [-0.4, -0.2) is 16.9 Å². The van der Waals surface area contributed by atoms with E-state index in [4.69, 9.17) is 5.11 Å². The average Bonchev–Trinajstić information content (AvgIpc) is 2.19. The van der Waals surface area contributed by atoms with E-state index in [1.165, 1.54) is 6.07 Å². The summed E-state index contributed by atoms with van der Waals surface area (Å²) in [5.74, 6) is -3.21. The molecule has 0 fully saturated rings. The second kappa shape index (κ2) is 4.21. The third kappa shape index (κ3) is 2.21. The zero-order valence-electron chi connectivity index (χ0n) is 8.50. The molecule has 0 radical (unpaired) electrons. The quantitative estimate of drug-likeness (QED) is 0.613. The smallest absolute Gasteiger partial charge is 0.377 e. The molecule has 0 heterocycles. The van der Waals surface area contributed by atoms with Gasteiger partial charge in [0, 0.05) is 5.56 Å². The highest BCUT2D eigenvalue weighted by atomic mass is 19.1. The Morgan fingerprint density at radius 3 is 2.47 bits per heavy atom. The molecule has 0 spiro atoms. The summed E-state index contributed by atoms with van der Waals surface area (Å²) < 4.78 is 13.1. The third-order valence-electron chi connectivity index (χ3n) is 2.30. The average molecular weight is 210 g/mol. The number of hydrogen-bond acceptors (Lipinski definition) is 2. The minimum atomic E-state index is -1.56. The van der Waals surface area contributed by atoms with Crippen LogP contribution in [0.5, 0.6) is 0 Å². The summed E-state index contributed by atoms with van der Waals surface area (Å²) in [6.45, 7) is 3.44. The van der Waals surface area contributed by atoms with Gasteiger partial charge in [-0.15, -0.1) is 0 Å². The predicted octanol–water partition coefficient (Wildman–Crippen LogP) is 1.96. The number of hydrogen-bond donors (Lipinski definition) is 1. The minimum absolute atomic E-state index is 0.0700. The fourth-order valence-corrected chi connectivity index (χ4v) is 1.45. The molecule has 0 aromatic heterocycles. The molecule has 4 heteroatoms. The van der Waals surface area contributed by atoms with Gasteiger partial charge in [0.25, 0.3) is 5.78 Å². The van der Waals surface area contributed by atoms with E-state index in [0.29, 0.717) is 17.5 Å². The molecule has 3 nitrogen and oxygen atoms in total. The number of ketones is 1. The summed E-state index contributed by atoms with van der Waals surface area (Å²) in [5.41, 5.74) is 1.12. The van der Waals surface area contributed by atoms with E-state index in [-0.39, 0.29) is 5.56 Å². The molecule has 1 rings (SSSR count).